The smallest absolute Gasteiger partial charge is 0.0661 e. The van der Waals surface area contributed by atoms with E-state index in [0.717, 1.165) is 11.4 Å². The minimum atomic E-state index is 1.04. The van der Waals surface area contributed by atoms with Gasteiger partial charge in [0.05, 0.1) is 5.69 Å². The van der Waals surface area contributed by atoms with Crippen LogP contribution >= 0.6 is 0 Å². The van der Waals surface area contributed by atoms with Gasteiger partial charge in [-0.15, -0.1) is 0 Å². The minimum absolute atomic E-state index is 1.04. The first kappa shape index (κ1) is 22.8. The summed E-state index contributed by atoms with van der Waals surface area (Å²) in [5, 5.41) is 0. The molecule has 0 bridgehead atoms. The van der Waals surface area contributed by atoms with Gasteiger partial charge in [0.2, 0.25) is 0 Å². The van der Waals surface area contributed by atoms with Crippen LogP contribution in [-0.4, -0.2) is 5.71 Å². The predicted molar refractivity (Wildman–Crippen MR) is 92.8 cm³/mol. The number of nitrogens with zero attached hydrogens (tertiary/aromatic N) is 1. The molecule has 110 valence electrons. The van der Waals surface area contributed by atoms with Crippen LogP contribution in [-0.2, 0) is 0 Å². The van der Waals surface area contributed by atoms with Crippen molar-refractivity contribution in [1.29, 1.82) is 0 Å². The second-order valence-electron chi connectivity index (χ2n) is 3.04. The maximum atomic E-state index is 4.48. The van der Waals surface area contributed by atoms with E-state index in [9.17, 15) is 0 Å². The first-order valence-electron chi connectivity index (χ1n) is 7.47. The Morgan fingerprint density at radius 1 is 0.947 bits per heavy atom. The topological polar surface area (TPSA) is 12.4 Å². The number of aliphatic imine (C=N–C) groups is 1. The van der Waals surface area contributed by atoms with Crippen molar-refractivity contribution in [2.75, 3.05) is 0 Å². The van der Waals surface area contributed by atoms with Gasteiger partial charge < -0.3 is 0 Å². The van der Waals surface area contributed by atoms with E-state index in [1.54, 1.807) is 0 Å². The van der Waals surface area contributed by atoms with E-state index in [4.69, 9.17) is 0 Å². The largest absolute Gasteiger partial charge is 0.254 e. The highest BCUT2D eigenvalue weighted by molar-refractivity contribution is 5.94. The zero-order valence-corrected chi connectivity index (χ0v) is 14.4. The Kier molecular flexibility index (Phi) is 22.8. The van der Waals surface area contributed by atoms with Crippen molar-refractivity contribution in [3.8, 4) is 0 Å². The molecule has 19 heavy (non-hydrogen) atoms. The molecule has 0 aliphatic heterocycles. The molecule has 1 nitrogen and oxygen atoms in total. The molecule has 0 aliphatic carbocycles. The summed E-state index contributed by atoms with van der Waals surface area (Å²) in [4.78, 5) is 4.48. The monoisotopic (exact) mass is 263 g/mol. The number of rotatable bonds is 2. The first-order valence-corrected chi connectivity index (χ1v) is 7.47. The molecule has 0 heterocycles. The van der Waals surface area contributed by atoms with E-state index >= 15 is 0 Å². The first-order chi connectivity index (χ1) is 9.24. The average Bonchev–Trinajstić information content (AvgIpc) is 2.48. The third-order valence-electron chi connectivity index (χ3n) is 1.82. The minimum Gasteiger partial charge on any atom is -0.254 e. The van der Waals surface area contributed by atoms with Crippen LogP contribution in [0, 0.1) is 6.92 Å². The molecule has 0 amide bonds. The van der Waals surface area contributed by atoms with Gasteiger partial charge in [-0.25, -0.2) is 0 Å². The zero-order valence-electron chi connectivity index (χ0n) is 14.4. The van der Waals surface area contributed by atoms with Crippen LogP contribution in [0.3, 0.4) is 0 Å². The van der Waals surface area contributed by atoms with Crippen LogP contribution in [0.25, 0.3) is 0 Å². The lowest BCUT2D eigenvalue weighted by atomic mass is 10.2. The Morgan fingerprint density at radius 2 is 1.42 bits per heavy atom. The van der Waals surface area contributed by atoms with Gasteiger partial charge in [-0.1, -0.05) is 65.8 Å². The van der Waals surface area contributed by atoms with E-state index in [1.165, 1.54) is 5.56 Å². The summed E-state index contributed by atoms with van der Waals surface area (Å²) in [6.07, 6.45) is 4.00. The Labute approximate surface area is 121 Å². The third-order valence-corrected chi connectivity index (χ3v) is 1.82. The molecule has 0 aromatic heterocycles. The van der Waals surface area contributed by atoms with Crippen molar-refractivity contribution >= 4 is 11.4 Å². The highest BCUT2D eigenvalue weighted by Gasteiger charge is 1.92. The Bertz CT molecular complexity index is 335. The van der Waals surface area contributed by atoms with E-state index < -0.39 is 0 Å². The number of allylic oxidation sites excluding steroid dienone is 2. The molecule has 0 N–H and O–H groups in total. The standard InChI is InChI=1S/C12H15N.3C2H6/c1-4-7-11(3)13-12-9-6-5-8-10(12)2;3*1-2/h4-9H,1-3H3;3*1-2H3/b7-4-,13-11?;;;. The van der Waals surface area contributed by atoms with Crippen LogP contribution in [0.1, 0.15) is 61.0 Å². The van der Waals surface area contributed by atoms with Crippen molar-refractivity contribution in [1.82, 2.24) is 0 Å². The van der Waals surface area contributed by atoms with Crippen LogP contribution in [0.15, 0.2) is 41.4 Å². The summed E-state index contributed by atoms with van der Waals surface area (Å²) in [5.41, 5.74) is 3.31. The van der Waals surface area contributed by atoms with E-state index in [0.29, 0.717) is 0 Å². The lowest BCUT2D eigenvalue weighted by Gasteiger charge is -1.99. The highest BCUT2D eigenvalue weighted by atomic mass is 14.7. The summed E-state index contributed by atoms with van der Waals surface area (Å²) in [6, 6.07) is 8.14. The lowest BCUT2D eigenvalue weighted by Crippen LogP contribution is -1.83. The van der Waals surface area contributed by atoms with Crippen LogP contribution < -0.4 is 0 Å². The van der Waals surface area contributed by atoms with E-state index in [-0.39, 0.29) is 0 Å². The second kappa shape index (κ2) is 19.0. The van der Waals surface area contributed by atoms with Crippen molar-refractivity contribution in [2.45, 2.75) is 62.3 Å². The SMILES string of the molecule is C/C=C\C(C)=Nc1ccccc1C.CC.CC.CC. The summed E-state index contributed by atoms with van der Waals surface area (Å²) in [6.45, 7) is 18.1. The van der Waals surface area contributed by atoms with Gasteiger partial charge in [-0.3, -0.25) is 4.99 Å². The van der Waals surface area contributed by atoms with Gasteiger partial charge in [0, 0.05) is 5.71 Å². The quantitative estimate of drug-likeness (QED) is 0.524. The fourth-order valence-corrected chi connectivity index (χ4v) is 1.16. The predicted octanol–water partition coefficient (Wildman–Crippen LogP) is 6.74. The molecule has 0 unspecified atom stereocenters. The van der Waals surface area contributed by atoms with Crippen molar-refractivity contribution in [3.05, 3.63) is 42.0 Å². The molecule has 1 aromatic carbocycles. The number of hydrogen-bond acceptors (Lipinski definition) is 1. The molecule has 0 saturated carbocycles. The normalized spacial score (nSPS) is 9.42. The van der Waals surface area contributed by atoms with Gasteiger partial charge in [0.1, 0.15) is 0 Å². The zero-order chi connectivity index (χ0) is 15.7. The van der Waals surface area contributed by atoms with Gasteiger partial charge in [-0.05, 0) is 38.5 Å². The molecule has 1 heteroatoms. The molecule has 0 spiro atoms. The van der Waals surface area contributed by atoms with Gasteiger partial charge in [0.15, 0.2) is 0 Å². The molecule has 0 aliphatic rings. The molecule has 0 radical (unpaired) electrons. The maximum absolute atomic E-state index is 4.48. The Morgan fingerprint density at radius 3 is 1.84 bits per heavy atom. The second-order valence-corrected chi connectivity index (χ2v) is 3.04. The van der Waals surface area contributed by atoms with Crippen LogP contribution in [0.5, 0.6) is 0 Å². The molecule has 0 saturated heterocycles. The van der Waals surface area contributed by atoms with Crippen molar-refractivity contribution in [2.24, 2.45) is 4.99 Å². The van der Waals surface area contributed by atoms with Crippen LogP contribution in [0.4, 0.5) is 5.69 Å². The summed E-state index contributed by atoms with van der Waals surface area (Å²) in [7, 11) is 0. The lowest BCUT2D eigenvalue weighted by molar-refractivity contribution is 1.39. The third kappa shape index (κ3) is 12.9. The molecule has 0 fully saturated rings. The average molecular weight is 263 g/mol. The fraction of sp³-hybridized carbons (Fsp3) is 0.500. The number of hydrogen-bond donors (Lipinski definition) is 0. The summed E-state index contributed by atoms with van der Waals surface area (Å²) >= 11 is 0. The van der Waals surface area contributed by atoms with Crippen molar-refractivity contribution < 1.29 is 0 Å². The summed E-state index contributed by atoms with van der Waals surface area (Å²) in [5.74, 6) is 0. The maximum Gasteiger partial charge on any atom is 0.0661 e. The molecular weight excluding hydrogens is 230 g/mol. The van der Waals surface area contributed by atoms with Crippen LogP contribution in [0.2, 0.25) is 0 Å². The molecule has 0 atom stereocenters. The fourth-order valence-electron chi connectivity index (χ4n) is 1.16. The summed E-state index contributed by atoms with van der Waals surface area (Å²) < 4.78 is 0. The van der Waals surface area contributed by atoms with Gasteiger partial charge in [-0.2, -0.15) is 0 Å². The molecular formula is C18H33N. The van der Waals surface area contributed by atoms with E-state index in [2.05, 4.69) is 18.0 Å². The highest BCUT2D eigenvalue weighted by Crippen LogP contribution is 2.17. The van der Waals surface area contributed by atoms with E-state index in [1.807, 2.05) is 85.7 Å². The Hall–Kier alpha value is -1.37. The number of aryl methyl sites for hydroxylation is 1. The van der Waals surface area contributed by atoms with Gasteiger partial charge >= 0.3 is 0 Å². The number of benzene rings is 1. The Balaban J connectivity index is -0.000000375. The van der Waals surface area contributed by atoms with Crippen molar-refractivity contribution in [3.63, 3.8) is 0 Å². The van der Waals surface area contributed by atoms with Gasteiger partial charge in [0.25, 0.3) is 0 Å². The molecule has 1 aromatic rings. The molecule has 1 rings (SSSR count). The number of para-hydroxylation sites is 1.